The van der Waals surface area contributed by atoms with Crippen LogP contribution in [0.4, 0.5) is 11.8 Å². The second-order valence-corrected chi connectivity index (χ2v) is 10.7. The van der Waals surface area contributed by atoms with Crippen molar-refractivity contribution in [1.82, 2.24) is 29.7 Å². The highest BCUT2D eigenvalue weighted by Gasteiger charge is 2.28. The molecular formula is C29H39N9O2. The van der Waals surface area contributed by atoms with E-state index in [1.165, 1.54) is 19.1 Å². The van der Waals surface area contributed by atoms with Gasteiger partial charge in [0.2, 0.25) is 5.95 Å². The van der Waals surface area contributed by atoms with Crippen LogP contribution in [-0.2, 0) is 9.47 Å². The summed E-state index contributed by atoms with van der Waals surface area (Å²) in [4.78, 5) is 16.6. The zero-order valence-electron chi connectivity index (χ0n) is 22.9. The van der Waals surface area contributed by atoms with Crippen LogP contribution in [0.25, 0.3) is 16.7 Å². The number of fused-ring (bicyclic) bond motifs is 1. The molecule has 0 amide bonds. The van der Waals surface area contributed by atoms with Crippen molar-refractivity contribution >= 4 is 29.0 Å². The van der Waals surface area contributed by atoms with Crippen LogP contribution < -0.4 is 16.0 Å². The molecule has 0 spiro atoms. The summed E-state index contributed by atoms with van der Waals surface area (Å²) in [6, 6.07) is 7.29. The summed E-state index contributed by atoms with van der Waals surface area (Å²) < 4.78 is 13.1. The van der Waals surface area contributed by atoms with Crippen LogP contribution in [0.1, 0.15) is 38.5 Å². The lowest BCUT2D eigenvalue weighted by molar-refractivity contribution is 0.00791. The standard InChI is InChI=1S/C29H39N9O2/c30-19-23(20-32-21-8-15-39-16-9-21)34-29-35-26-7-12-38(25-5-10-31-11-6-25)27(26)28(36-29)33-22-1-3-24(4-2-22)37-13-17-40-18-14-37/h5-7,10-12,19-22,24,30,32H,1-4,8-9,13-18H2,(H2,33,34,35,36)/b23-20+,30-19?/t22-,24-. The minimum Gasteiger partial charge on any atom is -0.386 e. The van der Waals surface area contributed by atoms with E-state index in [1.807, 2.05) is 30.6 Å². The van der Waals surface area contributed by atoms with E-state index in [-0.39, 0.29) is 0 Å². The molecule has 11 heteroatoms. The number of hydrogen-bond donors (Lipinski definition) is 4. The molecule has 0 atom stereocenters. The molecule has 0 bridgehead atoms. The van der Waals surface area contributed by atoms with Crippen molar-refractivity contribution < 1.29 is 9.47 Å². The first-order valence-electron chi connectivity index (χ1n) is 14.5. The molecule has 3 aromatic rings. The Kier molecular flexibility index (Phi) is 8.50. The van der Waals surface area contributed by atoms with Crippen LogP contribution in [0.2, 0.25) is 0 Å². The fraction of sp³-hybridized carbons (Fsp3) is 0.517. The number of hydrogen-bond acceptors (Lipinski definition) is 10. The predicted octanol–water partition coefficient (Wildman–Crippen LogP) is 3.54. The van der Waals surface area contributed by atoms with E-state index in [1.54, 1.807) is 12.4 Å². The van der Waals surface area contributed by atoms with Gasteiger partial charge in [0, 0.05) is 81.1 Å². The lowest BCUT2D eigenvalue weighted by Gasteiger charge is -2.39. The molecule has 3 fully saturated rings. The molecule has 1 saturated carbocycles. The fourth-order valence-corrected chi connectivity index (χ4v) is 5.96. The van der Waals surface area contributed by atoms with Gasteiger partial charge in [-0.3, -0.25) is 9.88 Å². The van der Waals surface area contributed by atoms with Gasteiger partial charge in [0.05, 0.1) is 24.4 Å². The van der Waals surface area contributed by atoms with Crippen LogP contribution >= 0.6 is 0 Å². The average molecular weight is 546 g/mol. The van der Waals surface area contributed by atoms with Gasteiger partial charge in [-0.15, -0.1) is 0 Å². The summed E-state index contributed by atoms with van der Waals surface area (Å²) in [6.45, 7) is 5.28. The molecular weight excluding hydrogens is 506 g/mol. The maximum atomic E-state index is 7.95. The Morgan fingerprint density at radius 2 is 1.65 bits per heavy atom. The number of allylic oxidation sites excluding steroid dienone is 1. The normalized spacial score (nSPS) is 23.1. The second-order valence-electron chi connectivity index (χ2n) is 10.7. The molecule has 2 saturated heterocycles. The lowest BCUT2D eigenvalue weighted by Crippen LogP contribution is -2.46. The highest BCUT2D eigenvalue weighted by molar-refractivity contribution is 5.90. The molecule has 3 aliphatic rings. The van der Waals surface area contributed by atoms with Crippen LogP contribution in [0, 0.1) is 5.41 Å². The number of rotatable bonds is 9. The zero-order valence-corrected chi connectivity index (χ0v) is 22.9. The molecule has 4 N–H and O–H groups in total. The quantitative estimate of drug-likeness (QED) is 0.299. The van der Waals surface area contributed by atoms with Gasteiger partial charge in [-0.25, -0.2) is 4.98 Å². The molecule has 0 aromatic carbocycles. The van der Waals surface area contributed by atoms with E-state index in [4.69, 9.17) is 24.9 Å². The Labute approximate surface area is 234 Å². The topological polar surface area (TPSA) is 125 Å². The first-order valence-corrected chi connectivity index (χ1v) is 14.5. The Morgan fingerprint density at radius 3 is 2.40 bits per heavy atom. The molecule has 1 aliphatic carbocycles. The number of nitrogens with zero attached hydrogens (tertiary/aromatic N) is 5. The zero-order chi connectivity index (χ0) is 27.1. The van der Waals surface area contributed by atoms with Crippen LogP contribution in [-0.4, -0.2) is 88.3 Å². The van der Waals surface area contributed by atoms with Crippen LogP contribution in [0.5, 0.6) is 0 Å². The van der Waals surface area contributed by atoms with E-state index >= 15 is 0 Å². The van der Waals surface area contributed by atoms with Gasteiger partial charge in [0.25, 0.3) is 0 Å². The first kappa shape index (κ1) is 26.7. The van der Waals surface area contributed by atoms with Gasteiger partial charge in [0.15, 0.2) is 5.82 Å². The largest absolute Gasteiger partial charge is 0.386 e. The molecule has 5 heterocycles. The number of pyridine rings is 1. The monoisotopic (exact) mass is 545 g/mol. The van der Waals surface area contributed by atoms with E-state index in [0.717, 1.165) is 87.7 Å². The van der Waals surface area contributed by atoms with Crippen LogP contribution in [0.3, 0.4) is 0 Å². The lowest BCUT2D eigenvalue weighted by atomic mass is 9.90. The fourth-order valence-electron chi connectivity index (χ4n) is 5.96. The maximum absolute atomic E-state index is 7.95. The minimum absolute atomic E-state index is 0.331. The number of aromatic nitrogens is 4. The van der Waals surface area contributed by atoms with Crippen molar-refractivity contribution in [1.29, 1.82) is 5.41 Å². The Hall–Kier alpha value is -3.54. The van der Waals surface area contributed by atoms with Crippen molar-refractivity contribution in [2.45, 2.75) is 56.7 Å². The molecule has 0 radical (unpaired) electrons. The third-order valence-corrected chi connectivity index (χ3v) is 8.18. The minimum atomic E-state index is 0.331. The summed E-state index contributed by atoms with van der Waals surface area (Å²) in [7, 11) is 0. The highest BCUT2D eigenvalue weighted by atomic mass is 16.5. The first-order chi connectivity index (χ1) is 19.8. The summed E-state index contributed by atoms with van der Waals surface area (Å²) in [5, 5.41) is 18.4. The SMILES string of the molecule is N=C/C(=C\NC1CCOCC1)Nc1nc(N[C@H]2CC[C@H](N3CCOCC3)CC2)c2c(ccn2-c2ccncc2)n1. The Morgan fingerprint density at radius 1 is 0.900 bits per heavy atom. The smallest absolute Gasteiger partial charge is 0.229 e. The molecule has 6 rings (SSSR count). The van der Waals surface area contributed by atoms with Gasteiger partial charge in [-0.2, -0.15) is 4.98 Å². The Balaban J connectivity index is 1.23. The third kappa shape index (κ3) is 6.27. The molecule has 2 aliphatic heterocycles. The second kappa shape index (κ2) is 12.8. The molecule has 40 heavy (non-hydrogen) atoms. The van der Waals surface area contributed by atoms with Gasteiger partial charge in [-0.05, 0) is 56.7 Å². The third-order valence-electron chi connectivity index (χ3n) is 8.18. The number of nitrogens with one attached hydrogen (secondary N) is 4. The van der Waals surface area contributed by atoms with Crippen molar-refractivity contribution in [2.75, 3.05) is 50.2 Å². The average Bonchev–Trinajstić information content (AvgIpc) is 3.45. The number of anilines is 2. The summed E-state index contributed by atoms with van der Waals surface area (Å²) >= 11 is 0. The molecule has 212 valence electrons. The molecule has 0 unspecified atom stereocenters. The summed E-state index contributed by atoms with van der Waals surface area (Å²) in [5.41, 5.74) is 3.39. The number of morpholine rings is 1. The maximum Gasteiger partial charge on any atom is 0.229 e. The molecule has 3 aromatic heterocycles. The van der Waals surface area contributed by atoms with E-state index < -0.39 is 0 Å². The van der Waals surface area contributed by atoms with Crippen LogP contribution in [0.15, 0.2) is 48.7 Å². The van der Waals surface area contributed by atoms with Gasteiger partial charge in [0.1, 0.15) is 5.52 Å². The van der Waals surface area contributed by atoms with E-state index in [2.05, 4.69) is 30.4 Å². The number of ether oxygens (including phenoxy) is 2. The predicted molar refractivity (Wildman–Crippen MR) is 156 cm³/mol. The van der Waals surface area contributed by atoms with E-state index in [0.29, 0.717) is 29.8 Å². The van der Waals surface area contributed by atoms with Crippen molar-refractivity contribution in [3.63, 3.8) is 0 Å². The highest BCUT2D eigenvalue weighted by Crippen LogP contribution is 2.31. The van der Waals surface area contributed by atoms with Gasteiger partial charge < -0.3 is 35.4 Å². The van der Waals surface area contributed by atoms with Crippen molar-refractivity contribution in [2.24, 2.45) is 0 Å². The van der Waals surface area contributed by atoms with Crippen molar-refractivity contribution in [3.05, 3.63) is 48.7 Å². The summed E-state index contributed by atoms with van der Waals surface area (Å²) in [5.74, 6) is 1.26. The van der Waals surface area contributed by atoms with Gasteiger partial charge in [-0.1, -0.05) is 0 Å². The van der Waals surface area contributed by atoms with Gasteiger partial charge >= 0.3 is 0 Å². The van der Waals surface area contributed by atoms with Crippen molar-refractivity contribution in [3.8, 4) is 5.69 Å². The Bertz CT molecular complexity index is 1290. The van der Waals surface area contributed by atoms with E-state index in [9.17, 15) is 0 Å². The molecule has 11 nitrogen and oxygen atoms in total. The summed E-state index contributed by atoms with van der Waals surface area (Å²) in [6.07, 6.45) is 15.2.